The number of imidazole rings is 1. The average Bonchev–Trinajstić information content (AvgIpc) is 3.38. The van der Waals surface area contributed by atoms with Crippen LogP contribution in [-0.4, -0.2) is 68.6 Å². The Morgan fingerprint density at radius 3 is 3.11 bits per heavy atom. The van der Waals surface area contributed by atoms with Crippen molar-refractivity contribution in [3.63, 3.8) is 0 Å². The number of pyridine rings is 1. The van der Waals surface area contributed by atoms with Crippen LogP contribution >= 0.6 is 0 Å². The molecule has 9 heteroatoms. The number of carbonyl (C=O) groups excluding carboxylic acids is 2. The highest BCUT2D eigenvalue weighted by atomic mass is 16.5. The number of carbonyl (C=O) groups is 2. The zero-order chi connectivity index (χ0) is 19.3. The molecule has 1 saturated heterocycles. The zero-order valence-electron chi connectivity index (χ0n) is 15.4. The lowest BCUT2D eigenvalue weighted by Crippen LogP contribution is -2.50. The van der Waals surface area contributed by atoms with E-state index < -0.39 is 0 Å². The molecule has 2 N–H and O–H groups in total. The van der Waals surface area contributed by atoms with E-state index in [0.717, 1.165) is 11.2 Å². The molecule has 1 aliphatic rings. The minimum atomic E-state index is -0.299. The van der Waals surface area contributed by atoms with E-state index in [1.54, 1.807) is 34.3 Å². The average molecular weight is 382 g/mol. The van der Waals surface area contributed by atoms with Crippen molar-refractivity contribution in [3.8, 4) is 0 Å². The monoisotopic (exact) mass is 382 g/mol. The Hall–Kier alpha value is -3.20. The molecule has 2 amide bonds. The highest BCUT2D eigenvalue weighted by molar-refractivity contribution is 6.01. The van der Waals surface area contributed by atoms with Crippen LogP contribution in [0.5, 0.6) is 0 Å². The summed E-state index contributed by atoms with van der Waals surface area (Å²) in [6, 6.07) is 5.29. The molecule has 0 bridgehead atoms. The van der Waals surface area contributed by atoms with Crippen LogP contribution in [-0.2, 0) is 16.0 Å². The normalized spacial score (nSPS) is 17.0. The molecule has 9 nitrogen and oxygen atoms in total. The first-order valence-corrected chi connectivity index (χ1v) is 9.27. The number of hydrogen-bond acceptors (Lipinski definition) is 5. The van der Waals surface area contributed by atoms with E-state index in [0.29, 0.717) is 38.3 Å². The number of aromatic amines is 1. The van der Waals surface area contributed by atoms with Gasteiger partial charge >= 0.3 is 0 Å². The van der Waals surface area contributed by atoms with Crippen molar-refractivity contribution in [2.75, 3.05) is 26.3 Å². The molecule has 3 aromatic rings. The van der Waals surface area contributed by atoms with Gasteiger partial charge in [0.25, 0.3) is 5.91 Å². The molecule has 1 atom stereocenters. The minimum Gasteiger partial charge on any atom is -0.377 e. The van der Waals surface area contributed by atoms with Gasteiger partial charge in [-0.05, 0) is 12.1 Å². The fourth-order valence-electron chi connectivity index (χ4n) is 3.39. The second kappa shape index (κ2) is 8.22. The van der Waals surface area contributed by atoms with Crippen molar-refractivity contribution in [3.05, 3.63) is 54.4 Å². The Bertz CT molecular complexity index is 952. The summed E-state index contributed by atoms with van der Waals surface area (Å²) in [7, 11) is 0. The molecule has 4 heterocycles. The number of ether oxygens (including phenoxy) is 1. The van der Waals surface area contributed by atoms with Gasteiger partial charge in [0.2, 0.25) is 5.91 Å². The smallest absolute Gasteiger partial charge is 0.258 e. The van der Waals surface area contributed by atoms with Gasteiger partial charge < -0.3 is 19.9 Å². The van der Waals surface area contributed by atoms with Gasteiger partial charge in [-0.15, -0.1) is 0 Å². The quantitative estimate of drug-likeness (QED) is 0.651. The number of aromatic nitrogens is 4. The molecule has 1 fully saturated rings. The number of rotatable bonds is 6. The number of fused-ring (bicyclic) bond motifs is 1. The summed E-state index contributed by atoms with van der Waals surface area (Å²) in [5, 5.41) is 7.13. The molecular weight excluding hydrogens is 360 g/mol. The lowest BCUT2D eigenvalue weighted by molar-refractivity contribution is -0.123. The fraction of sp³-hybridized carbons (Fsp3) is 0.368. The van der Waals surface area contributed by atoms with Crippen LogP contribution in [0.3, 0.4) is 0 Å². The zero-order valence-corrected chi connectivity index (χ0v) is 15.4. The Kier molecular flexibility index (Phi) is 5.34. The van der Waals surface area contributed by atoms with Gasteiger partial charge in [0.1, 0.15) is 0 Å². The Morgan fingerprint density at radius 2 is 2.25 bits per heavy atom. The maximum absolute atomic E-state index is 13.1. The van der Waals surface area contributed by atoms with E-state index in [4.69, 9.17) is 4.74 Å². The summed E-state index contributed by atoms with van der Waals surface area (Å²) in [5.74, 6) is -0.229. The molecule has 0 radical (unpaired) electrons. The third kappa shape index (κ3) is 3.89. The third-order valence-electron chi connectivity index (χ3n) is 4.84. The van der Waals surface area contributed by atoms with Crippen LogP contribution in [0.1, 0.15) is 22.5 Å². The highest BCUT2D eigenvalue weighted by Crippen LogP contribution is 2.18. The van der Waals surface area contributed by atoms with Crippen molar-refractivity contribution in [2.24, 2.45) is 0 Å². The second-order valence-corrected chi connectivity index (χ2v) is 6.70. The van der Waals surface area contributed by atoms with E-state index in [1.807, 2.05) is 18.2 Å². The Labute approximate surface area is 161 Å². The maximum atomic E-state index is 13.1. The van der Waals surface area contributed by atoms with E-state index in [1.165, 1.54) is 0 Å². The number of H-pyrrole nitrogens is 1. The van der Waals surface area contributed by atoms with Crippen LogP contribution in [0.4, 0.5) is 0 Å². The summed E-state index contributed by atoms with van der Waals surface area (Å²) in [6.07, 6.45) is 7.61. The molecule has 3 aromatic heterocycles. The van der Waals surface area contributed by atoms with Crippen LogP contribution in [0.15, 0.2) is 43.1 Å². The third-order valence-corrected chi connectivity index (χ3v) is 4.84. The lowest BCUT2D eigenvalue weighted by atomic mass is 10.1. The van der Waals surface area contributed by atoms with E-state index in [-0.39, 0.29) is 24.3 Å². The number of nitrogens with one attached hydrogen (secondary N) is 2. The summed E-state index contributed by atoms with van der Waals surface area (Å²) in [6.45, 7) is 1.77. The number of nitrogens with zero attached hydrogens (tertiary/aromatic N) is 4. The van der Waals surface area contributed by atoms with Crippen LogP contribution in [0, 0.1) is 0 Å². The lowest BCUT2D eigenvalue weighted by Gasteiger charge is -2.35. The van der Waals surface area contributed by atoms with E-state index in [9.17, 15) is 9.59 Å². The Morgan fingerprint density at radius 1 is 1.32 bits per heavy atom. The van der Waals surface area contributed by atoms with Crippen molar-refractivity contribution in [1.82, 2.24) is 29.8 Å². The molecule has 0 spiro atoms. The summed E-state index contributed by atoms with van der Waals surface area (Å²) < 4.78 is 7.20. The SMILES string of the molecule is O=C(C[C@@H]1COCCN1C(=O)c1cnn2ccccc12)NCCc1cnc[nH]1. The molecule has 0 aliphatic carbocycles. The summed E-state index contributed by atoms with van der Waals surface area (Å²) >= 11 is 0. The van der Waals surface area contributed by atoms with Gasteiger partial charge in [0, 0.05) is 44.0 Å². The highest BCUT2D eigenvalue weighted by Gasteiger charge is 2.31. The first-order valence-electron chi connectivity index (χ1n) is 9.27. The maximum Gasteiger partial charge on any atom is 0.258 e. The standard InChI is InChI=1S/C19H22N6O3/c26-18(21-5-4-14-10-20-13-22-14)9-15-12-28-8-7-24(15)19(27)16-11-23-25-6-2-1-3-17(16)25/h1-3,6,10-11,13,15H,4-5,7-9,12H2,(H,20,22)(H,21,26)/t15-/m1/s1. The first-order chi connectivity index (χ1) is 13.7. The second-order valence-electron chi connectivity index (χ2n) is 6.70. The fourth-order valence-corrected chi connectivity index (χ4v) is 3.39. The van der Waals surface area contributed by atoms with Gasteiger partial charge in [-0.1, -0.05) is 6.07 Å². The van der Waals surface area contributed by atoms with E-state index >= 15 is 0 Å². The number of morpholine rings is 1. The van der Waals surface area contributed by atoms with Crippen molar-refractivity contribution >= 4 is 17.3 Å². The predicted molar refractivity (Wildman–Crippen MR) is 101 cm³/mol. The largest absolute Gasteiger partial charge is 0.377 e. The molecule has 0 aromatic carbocycles. The van der Waals surface area contributed by atoms with Gasteiger partial charge in [-0.2, -0.15) is 5.10 Å². The molecule has 0 saturated carbocycles. The minimum absolute atomic E-state index is 0.104. The summed E-state index contributed by atoms with van der Waals surface area (Å²) in [5.41, 5.74) is 2.25. The first kappa shape index (κ1) is 18.2. The number of amides is 2. The van der Waals surface area contributed by atoms with Gasteiger partial charge in [0.05, 0.1) is 42.9 Å². The van der Waals surface area contributed by atoms with Gasteiger partial charge in [0.15, 0.2) is 0 Å². The van der Waals surface area contributed by atoms with Gasteiger partial charge in [-0.25, -0.2) is 9.50 Å². The van der Waals surface area contributed by atoms with Gasteiger partial charge in [-0.3, -0.25) is 9.59 Å². The Balaban J connectivity index is 1.39. The molecule has 4 rings (SSSR count). The van der Waals surface area contributed by atoms with Crippen LogP contribution < -0.4 is 5.32 Å². The van der Waals surface area contributed by atoms with Crippen LogP contribution in [0.25, 0.3) is 5.52 Å². The topological polar surface area (TPSA) is 105 Å². The summed E-state index contributed by atoms with van der Waals surface area (Å²) in [4.78, 5) is 34.1. The molecule has 28 heavy (non-hydrogen) atoms. The molecule has 1 aliphatic heterocycles. The van der Waals surface area contributed by atoms with E-state index in [2.05, 4.69) is 20.4 Å². The number of hydrogen-bond donors (Lipinski definition) is 2. The van der Waals surface area contributed by atoms with Crippen molar-refractivity contribution < 1.29 is 14.3 Å². The molecular formula is C19H22N6O3. The van der Waals surface area contributed by atoms with Crippen molar-refractivity contribution in [1.29, 1.82) is 0 Å². The molecule has 0 unspecified atom stereocenters. The van der Waals surface area contributed by atoms with Crippen LogP contribution in [0.2, 0.25) is 0 Å². The molecule has 146 valence electrons. The predicted octanol–water partition coefficient (Wildman–Crippen LogP) is 0.647. The van der Waals surface area contributed by atoms with Crippen molar-refractivity contribution in [2.45, 2.75) is 18.9 Å².